The van der Waals surface area contributed by atoms with E-state index in [1.807, 2.05) is 6.08 Å². The van der Waals surface area contributed by atoms with Crippen LogP contribution in [-0.4, -0.2) is 47.4 Å². The number of hydrogen-bond acceptors (Lipinski definition) is 5. The predicted molar refractivity (Wildman–Crippen MR) is 403 cm³/mol. The van der Waals surface area contributed by atoms with Crippen molar-refractivity contribution in [1.29, 1.82) is 0 Å². The van der Waals surface area contributed by atoms with E-state index < -0.39 is 12.1 Å². The molecule has 0 fully saturated rings. The lowest BCUT2D eigenvalue weighted by molar-refractivity contribution is -0.143. The van der Waals surface area contributed by atoms with E-state index in [9.17, 15) is 19.8 Å². The fourth-order valence-corrected chi connectivity index (χ4v) is 13.3. The second-order valence-electron chi connectivity index (χ2n) is 28.8. The molecule has 6 heteroatoms. The number of unbranched alkanes of at least 4 members (excludes halogenated alkanes) is 64. The summed E-state index contributed by atoms with van der Waals surface area (Å²) in [5, 5.41) is 23.3. The fourth-order valence-electron chi connectivity index (χ4n) is 13.3. The van der Waals surface area contributed by atoms with Gasteiger partial charge in [-0.1, -0.05) is 429 Å². The average Bonchev–Trinajstić information content (AvgIpc) is 3.60. The standard InChI is InChI=1S/C85H163NO5/c1-3-5-7-9-11-13-15-17-19-21-23-24-25-35-38-42-45-49-53-57-61-65-69-73-77-83(88)82(81-87)86-84(89)78-74-70-66-62-58-54-50-46-43-39-36-33-31-29-27-26-28-30-32-34-37-40-44-48-52-56-60-64-68-72-76-80-91-85(90)79-75-71-67-63-59-55-51-47-41-22-20-18-16-14-12-10-8-6-4-2/h28,30,34,37,73,77,82-83,87-88H,3-27,29,31-33,35-36,38-72,74-76,78-81H2,1-2H3,(H,86,89)/b30-28-,37-34-,77-73+. The number of nitrogens with one attached hydrogen (secondary N) is 1. The maximum Gasteiger partial charge on any atom is 0.305 e. The minimum Gasteiger partial charge on any atom is -0.466 e. The van der Waals surface area contributed by atoms with E-state index in [0.29, 0.717) is 19.4 Å². The minimum absolute atomic E-state index is 0.0187. The predicted octanol–water partition coefficient (Wildman–Crippen LogP) is 27.8. The number of aliphatic hydroxyl groups is 2. The summed E-state index contributed by atoms with van der Waals surface area (Å²) in [5.74, 6) is -0.0435. The van der Waals surface area contributed by atoms with Crippen LogP contribution in [0.15, 0.2) is 36.5 Å². The topological polar surface area (TPSA) is 95.9 Å². The zero-order valence-electron chi connectivity index (χ0n) is 61.9. The molecule has 6 nitrogen and oxygen atoms in total. The summed E-state index contributed by atoms with van der Waals surface area (Å²) in [6, 6.07) is -0.629. The number of amides is 1. The number of rotatable bonds is 79. The Hall–Kier alpha value is -1.92. The van der Waals surface area contributed by atoms with E-state index in [1.165, 1.54) is 398 Å². The van der Waals surface area contributed by atoms with Gasteiger partial charge in [0.2, 0.25) is 5.91 Å². The lowest BCUT2D eigenvalue weighted by atomic mass is 10.0. The van der Waals surface area contributed by atoms with Gasteiger partial charge >= 0.3 is 5.97 Å². The van der Waals surface area contributed by atoms with Gasteiger partial charge in [-0.25, -0.2) is 0 Å². The Morgan fingerprint density at radius 3 is 0.835 bits per heavy atom. The Bertz CT molecular complexity index is 1470. The molecule has 0 saturated carbocycles. The van der Waals surface area contributed by atoms with Gasteiger partial charge in [-0.2, -0.15) is 0 Å². The molecule has 2 unspecified atom stereocenters. The van der Waals surface area contributed by atoms with Crippen LogP contribution in [0.1, 0.15) is 470 Å². The molecule has 0 heterocycles. The smallest absolute Gasteiger partial charge is 0.305 e. The van der Waals surface area contributed by atoms with Crippen LogP contribution in [0.2, 0.25) is 0 Å². The van der Waals surface area contributed by atoms with Crippen LogP contribution in [0.4, 0.5) is 0 Å². The molecule has 2 atom stereocenters. The molecule has 0 radical (unpaired) electrons. The molecule has 0 aromatic rings. The molecule has 0 spiro atoms. The minimum atomic E-state index is -0.846. The Balaban J connectivity index is 3.40. The van der Waals surface area contributed by atoms with Crippen molar-refractivity contribution in [2.24, 2.45) is 0 Å². The zero-order chi connectivity index (χ0) is 65.6. The quantitative estimate of drug-likeness (QED) is 0.0320. The van der Waals surface area contributed by atoms with Gasteiger partial charge in [0.05, 0.1) is 25.4 Å². The van der Waals surface area contributed by atoms with Crippen LogP contribution < -0.4 is 5.32 Å². The number of carbonyl (C=O) groups is 2. The molecular formula is C85H163NO5. The molecule has 0 aliphatic heterocycles. The Morgan fingerprint density at radius 2 is 0.549 bits per heavy atom. The highest BCUT2D eigenvalue weighted by Crippen LogP contribution is 2.20. The average molecular weight is 1280 g/mol. The molecule has 0 aliphatic rings. The van der Waals surface area contributed by atoms with Crippen molar-refractivity contribution >= 4 is 11.9 Å². The number of carbonyl (C=O) groups excluding carboxylic acids is 2. The van der Waals surface area contributed by atoms with E-state index in [4.69, 9.17) is 4.74 Å². The van der Waals surface area contributed by atoms with Crippen LogP contribution >= 0.6 is 0 Å². The first kappa shape index (κ1) is 89.1. The molecule has 1 amide bonds. The van der Waals surface area contributed by atoms with Crippen molar-refractivity contribution in [2.75, 3.05) is 13.2 Å². The maximum atomic E-state index is 12.6. The van der Waals surface area contributed by atoms with Gasteiger partial charge in [-0.3, -0.25) is 9.59 Å². The molecule has 91 heavy (non-hydrogen) atoms. The first-order chi connectivity index (χ1) is 45.0. The summed E-state index contributed by atoms with van der Waals surface area (Å²) in [5.41, 5.74) is 0. The zero-order valence-corrected chi connectivity index (χ0v) is 61.9. The molecule has 0 aliphatic carbocycles. The van der Waals surface area contributed by atoms with E-state index in [-0.39, 0.29) is 18.5 Å². The highest BCUT2D eigenvalue weighted by atomic mass is 16.5. The third-order valence-electron chi connectivity index (χ3n) is 19.7. The molecule has 538 valence electrons. The summed E-state index contributed by atoms with van der Waals surface area (Å²) in [7, 11) is 0. The summed E-state index contributed by atoms with van der Waals surface area (Å²) in [6.07, 6.45) is 106. The molecule has 0 rings (SSSR count). The van der Waals surface area contributed by atoms with Crippen LogP contribution in [-0.2, 0) is 14.3 Å². The summed E-state index contributed by atoms with van der Waals surface area (Å²) in [6.45, 7) is 4.96. The van der Waals surface area contributed by atoms with Gasteiger partial charge in [-0.15, -0.1) is 0 Å². The van der Waals surface area contributed by atoms with E-state index in [0.717, 1.165) is 44.9 Å². The van der Waals surface area contributed by atoms with Crippen molar-refractivity contribution in [1.82, 2.24) is 5.32 Å². The Morgan fingerprint density at radius 1 is 0.308 bits per heavy atom. The van der Waals surface area contributed by atoms with E-state index in [1.54, 1.807) is 6.08 Å². The summed E-state index contributed by atoms with van der Waals surface area (Å²) in [4.78, 5) is 24.7. The van der Waals surface area contributed by atoms with Crippen molar-refractivity contribution in [3.63, 3.8) is 0 Å². The largest absolute Gasteiger partial charge is 0.466 e. The first-order valence-electron chi connectivity index (χ1n) is 41.8. The fraction of sp³-hybridized carbons (Fsp3) is 0.906. The normalized spacial score (nSPS) is 12.6. The van der Waals surface area contributed by atoms with E-state index in [2.05, 4.69) is 43.5 Å². The molecule has 0 aromatic heterocycles. The Kier molecular flexibility index (Phi) is 78.8. The second-order valence-corrected chi connectivity index (χ2v) is 28.8. The van der Waals surface area contributed by atoms with Gasteiger partial charge < -0.3 is 20.3 Å². The SMILES string of the molecule is CCCCCCCCCCCCCCCCCCCCCCCC/C=C/C(O)C(CO)NC(=O)CCCCCCCCCCCCCCCCC/C=C\C/C=C\CCCCCCCCCCCOC(=O)CCCCCCCCCCCCCCCCCCCCC. The van der Waals surface area contributed by atoms with Crippen molar-refractivity contribution in [2.45, 2.75) is 482 Å². The molecule has 0 saturated heterocycles. The van der Waals surface area contributed by atoms with Gasteiger partial charge in [0.25, 0.3) is 0 Å². The number of ether oxygens (including phenoxy) is 1. The first-order valence-corrected chi connectivity index (χ1v) is 41.8. The third kappa shape index (κ3) is 77.0. The van der Waals surface area contributed by atoms with Crippen molar-refractivity contribution < 1.29 is 24.5 Å². The highest BCUT2D eigenvalue weighted by Gasteiger charge is 2.18. The number of hydrogen-bond donors (Lipinski definition) is 3. The summed E-state index contributed by atoms with van der Waals surface area (Å²) < 4.78 is 5.52. The van der Waals surface area contributed by atoms with E-state index >= 15 is 0 Å². The lowest BCUT2D eigenvalue weighted by Crippen LogP contribution is -2.45. The highest BCUT2D eigenvalue weighted by molar-refractivity contribution is 5.76. The molecule has 3 N–H and O–H groups in total. The third-order valence-corrected chi connectivity index (χ3v) is 19.7. The monoisotopic (exact) mass is 1280 g/mol. The molecule has 0 bridgehead atoms. The van der Waals surface area contributed by atoms with Crippen LogP contribution in [0.3, 0.4) is 0 Å². The van der Waals surface area contributed by atoms with Crippen LogP contribution in [0.25, 0.3) is 0 Å². The maximum absolute atomic E-state index is 12.6. The summed E-state index contributed by atoms with van der Waals surface area (Å²) >= 11 is 0. The lowest BCUT2D eigenvalue weighted by Gasteiger charge is -2.20. The van der Waals surface area contributed by atoms with Gasteiger partial charge in [-0.05, 0) is 64.2 Å². The van der Waals surface area contributed by atoms with Gasteiger partial charge in [0, 0.05) is 12.8 Å². The second kappa shape index (κ2) is 80.5. The van der Waals surface area contributed by atoms with Gasteiger partial charge in [0.1, 0.15) is 0 Å². The van der Waals surface area contributed by atoms with Gasteiger partial charge in [0.15, 0.2) is 0 Å². The molecular weight excluding hydrogens is 1110 g/mol. The molecule has 0 aromatic carbocycles. The Labute approximate surface area is 570 Å². The number of esters is 1. The number of aliphatic hydroxyl groups excluding tert-OH is 2. The number of allylic oxidation sites excluding steroid dienone is 5. The van der Waals surface area contributed by atoms with Crippen LogP contribution in [0, 0.1) is 0 Å². The van der Waals surface area contributed by atoms with Crippen molar-refractivity contribution in [3.8, 4) is 0 Å². The van der Waals surface area contributed by atoms with Crippen molar-refractivity contribution in [3.05, 3.63) is 36.5 Å². The van der Waals surface area contributed by atoms with Crippen LogP contribution in [0.5, 0.6) is 0 Å².